The quantitative estimate of drug-likeness (QED) is 0.153. The van der Waals surface area contributed by atoms with Crippen molar-refractivity contribution in [2.24, 2.45) is 0 Å². The van der Waals surface area contributed by atoms with Crippen LogP contribution in [0.1, 0.15) is 11.1 Å². The Morgan fingerprint density at radius 2 is 0.800 bits per heavy atom. The van der Waals surface area contributed by atoms with Crippen molar-refractivity contribution in [3.63, 3.8) is 0 Å². The van der Waals surface area contributed by atoms with Gasteiger partial charge >= 0.3 is 0 Å². The Labute approximate surface area is 345 Å². The van der Waals surface area contributed by atoms with E-state index < -0.39 is 0 Å². The summed E-state index contributed by atoms with van der Waals surface area (Å²) < 4.78 is 17.4. The number of benzene rings is 6. The van der Waals surface area contributed by atoms with Crippen LogP contribution in [0.2, 0.25) is 0 Å². The molecule has 60 heavy (non-hydrogen) atoms. The molecule has 11 aromatic rings. The van der Waals surface area contributed by atoms with Gasteiger partial charge in [0.2, 0.25) is 0 Å². The molecule has 0 N–H and O–H groups in total. The largest absolute Gasteiger partial charge is 0.457 e. The number of hydrogen-bond acceptors (Lipinski definition) is 6. The number of aromatic nitrogens is 6. The number of fused-ring (bicyclic) bond motifs is 6. The molecule has 8 heteroatoms. The summed E-state index contributed by atoms with van der Waals surface area (Å²) in [6, 6.07) is 53.4. The summed E-state index contributed by atoms with van der Waals surface area (Å²) >= 11 is 0. The summed E-state index contributed by atoms with van der Waals surface area (Å²) in [6.07, 6.45) is 7.30. The standard InChI is InChI=1S/C52H36N6O2/c1-33-21-23-53-51(25-33)57-47-15-5-3-13-41(47)43-19-17-39(29-49(43)57)59-37-11-7-9-35(27-37)45-31-56-46(32-55-45)36-10-8-12-38(28-36)60-40-18-20-44-42-14-4-6-16-48(42)58(50(44)30-40)52-26-34(2)22-24-54-52/h3-32H,1-2H3. The molecule has 0 aliphatic carbocycles. The third kappa shape index (κ3) is 6.27. The number of aryl methyl sites for hydroxylation is 2. The summed E-state index contributed by atoms with van der Waals surface area (Å²) in [6.45, 7) is 4.17. The minimum atomic E-state index is 0.701. The smallest absolute Gasteiger partial charge is 0.137 e. The van der Waals surface area contributed by atoms with Crippen molar-refractivity contribution >= 4 is 43.6 Å². The van der Waals surface area contributed by atoms with Gasteiger partial charge in [-0.05, 0) is 110 Å². The molecule has 0 unspecified atom stereocenters. The summed E-state index contributed by atoms with van der Waals surface area (Å²) in [4.78, 5) is 19.1. The number of para-hydroxylation sites is 2. The maximum absolute atomic E-state index is 6.49. The Morgan fingerprint density at radius 1 is 0.367 bits per heavy atom. The first-order chi connectivity index (χ1) is 29.5. The zero-order valence-corrected chi connectivity index (χ0v) is 32.8. The minimum absolute atomic E-state index is 0.701. The topological polar surface area (TPSA) is 79.9 Å². The second-order valence-electron chi connectivity index (χ2n) is 15.0. The molecule has 0 spiro atoms. The van der Waals surface area contributed by atoms with E-state index in [1.807, 2.05) is 85.2 Å². The molecule has 0 saturated carbocycles. The van der Waals surface area contributed by atoms with Crippen LogP contribution >= 0.6 is 0 Å². The molecule has 5 heterocycles. The first kappa shape index (κ1) is 35.1. The van der Waals surface area contributed by atoms with Crippen LogP contribution in [0.15, 0.2) is 183 Å². The van der Waals surface area contributed by atoms with Gasteiger partial charge in [0.15, 0.2) is 0 Å². The maximum Gasteiger partial charge on any atom is 0.137 e. The molecule has 286 valence electrons. The third-order valence-corrected chi connectivity index (χ3v) is 10.9. The van der Waals surface area contributed by atoms with E-state index in [9.17, 15) is 0 Å². The second-order valence-corrected chi connectivity index (χ2v) is 15.0. The Balaban J connectivity index is 0.851. The highest BCUT2D eigenvalue weighted by molar-refractivity contribution is 6.10. The van der Waals surface area contributed by atoms with E-state index in [0.717, 1.165) is 89.6 Å². The van der Waals surface area contributed by atoms with E-state index in [2.05, 4.69) is 108 Å². The highest BCUT2D eigenvalue weighted by Gasteiger charge is 2.16. The Morgan fingerprint density at radius 3 is 1.25 bits per heavy atom. The first-order valence-corrected chi connectivity index (χ1v) is 19.8. The normalized spacial score (nSPS) is 11.5. The summed E-state index contributed by atoms with van der Waals surface area (Å²) in [7, 11) is 0. The fourth-order valence-corrected chi connectivity index (χ4v) is 8.14. The molecule has 0 bridgehead atoms. The van der Waals surface area contributed by atoms with E-state index in [1.54, 1.807) is 12.4 Å². The Kier molecular flexibility index (Phi) is 8.41. The zero-order chi connectivity index (χ0) is 40.2. The van der Waals surface area contributed by atoms with Crippen molar-refractivity contribution in [2.75, 3.05) is 0 Å². The van der Waals surface area contributed by atoms with Gasteiger partial charge in [-0.2, -0.15) is 0 Å². The molecule has 0 aliphatic heterocycles. The number of nitrogens with zero attached hydrogens (tertiary/aromatic N) is 6. The minimum Gasteiger partial charge on any atom is -0.457 e. The van der Waals surface area contributed by atoms with Crippen LogP contribution in [0.5, 0.6) is 23.0 Å². The van der Waals surface area contributed by atoms with Gasteiger partial charge in [0.25, 0.3) is 0 Å². The highest BCUT2D eigenvalue weighted by Crippen LogP contribution is 2.37. The van der Waals surface area contributed by atoms with Gasteiger partial charge in [0.05, 0.1) is 45.8 Å². The van der Waals surface area contributed by atoms with E-state index in [4.69, 9.17) is 29.4 Å². The lowest BCUT2D eigenvalue weighted by atomic mass is 10.1. The highest BCUT2D eigenvalue weighted by atomic mass is 16.5. The SMILES string of the molecule is Cc1ccnc(-n2c3ccccc3c3ccc(Oc4cccc(-c5cnc(-c6cccc(Oc7ccc8c9ccccc9n(-c9cc(C)ccn9)c8c7)c6)cn5)c4)cc32)c1. The monoisotopic (exact) mass is 776 g/mol. The molecule has 8 nitrogen and oxygen atoms in total. The van der Waals surface area contributed by atoms with Crippen LogP contribution in [0.3, 0.4) is 0 Å². The Hall–Kier alpha value is -8.10. The summed E-state index contributed by atoms with van der Waals surface area (Å²) in [5, 5.41) is 4.61. The predicted octanol–water partition coefficient (Wildman–Crippen LogP) is 13.0. The fourth-order valence-electron chi connectivity index (χ4n) is 8.14. The van der Waals surface area contributed by atoms with E-state index >= 15 is 0 Å². The van der Waals surface area contributed by atoms with Crippen LogP contribution in [0.25, 0.3) is 77.8 Å². The second kappa shape index (κ2) is 14.4. The molecular formula is C52H36N6O2. The first-order valence-electron chi connectivity index (χ1n) is 19.8. The van der Waals surface area contributed by atoms with Crippen molar-refractivity contribution < 1.29 is 9.47 Å². The van der Waals surface area contributed by atoms with E-state index in [-0.39, 0.29) is 0 Å². The van der Waals surface area contributed by atoms with Gasteiger partial charge < -0.3 is 9.47 Å². The van der Waals surface area contributed by atoms with Gasteiger partial charge in [-0.1, -0.05) is 60.7 Å². The molecule has 0 saturated heterocycles. The molecule has 6 aromatic carbocycles. The molecular weight excluding hydrogens is 741 g/mol. The fraction of sp³-hybridized carbons (Fsp3) is 0.0385. The number of ether oxygens (including phenoxy) is 2. The number of pyridine rings is 2. The molecule has 0 radical (unpaired) electrons. The predicted molar refractivity (Wildman–Crippen MR) is 240 cm³/mol. The Bertz CT molecular complexity index is 3190. The molecule has 11 rings (SSSR count). The number of rotatable bonds is 8. The van der Waals surface area contributed by atoms with Gasteiger partial charge in [-0.15, -0.1) is 0 Å². The third-order valence-electron chi connectivity index (χ3n) is 10.9. The van der Waals surface area contributed by atoms with Crippen molar-refractivity contribution in [3.8, 4) is 57.1 Å². The van der Waals surface area contributed by atoms with Crippen LogP contribution in [-0.4, -0.2) is 29.1 Å². The lowest BCUT2D eigenvalue weighted by Crippen LogP contribution is -1.97. The molecule has 0 amide bonds. The van der Waals surface area contributed by atoms with Gasteiger partial charge in [0.1, 0.15) is 34.6 Å². The molecule has 0 fully saturated rings. The van der Waals surface area contributed by atoms with Crippen molar-refractivity contribution in [1.29, 1.82) is 0 Å². The van der Waals surface area contributed by atoms with Crippen LogP contribution in [0.4, 0.5) is 0 Å². The maximum atomic E-state index is 6.49. The zero-order valence-electron chi connectivity index (χ0n) is 32.8. The van der Waals surface area contributed by atoms with Crippen LogP contribution in [-0.2, 0) is 0 Å². The van der Waals surface area contributed by atoms with Gasteiger partial charge in [-0.3, -0.25) is 19.1 Å². The van der Waals surface area contributed by atoms with Crippen molar-refractivity contribution in [1.82, 2.24) is 29.1 Å². The lowest BCUT2D eigenvalue weighted by Gasteiger charge is -2.11. The van der Waals surface area contributed by atoms with Crippen LogP contribution < -0.4 is 9.47 Å². The lowest BCUT2D eigenvalue weighted by molar-refractivity contribution is 0.483. The molecule has 5 aromatic heterocycles. The van der Waals surface area contributed by atoms with E-state index in [0.29, 0.717) is 11.5 Å². The van der Waals surface area contributed by atoms with Gasteiger partial charge in [-0.25, -0.2) is 9.97 Å². The van der Waals surface area contributed by atoms with Crippen molar-refractivity contribution in [3.05, 3.63) is 194 Å². The average Bonchev–Trinajstić information content (AvgIpc) is 3.79. The molecule has 0 atom stereocenters. The van der Waals surface area contributed by atoms with E-state index in [1.165, 1.54) is 10.8 Å². The van der Waals surface area contributed by atoms with Crippen LogP contribution in [0, 0.1) is 13.8 Å². The average molecular weight is 777 g/mol. The molecule has 0 aliphatic rings. The van der Waals surface area contributed by atoms with Gasteiger partial charge in [0, 0.05) is 57.2 Å². The van der Waals surface area contributed by atoms with Crippen molar-refractivity contribution in [2.45, 2.75) is 13.8 Å². The number of hydrogen-bond donors (Lipinski definition) is 0. The summed E-state index contributed by atoms with van der Waals surface area (Å²) in [5.41, 5.74) is 9.83. The summed E-state index contributed by atoms with van der Waals surface area (Å²) in [5.74, 6) is 4.60.